The Bertz CT molecular complexity index is 391. The maximum Gasteiger partial charge on any atom is 0.220 e. The fourth-order valence-electron chi connectivity index (χ4n) is 1.92. The molecular formula is C15H25N3O. The first-order chi connectivity index (χ1) is 9.11. The average molecular weight is 263 g/mol. The second-order valence-electron chi connectivity index (χ2n) is 5.04. The first-order valence-corrected chi connectivity index (χ1v) is 6.75. The highest BCUT2D eigenvalue weighted by atomic mass is 16.1. The summed E-state index contributed by atoms with van der Waals surface area (Å²) in [6.45, 7) is 2.41. The molecule has 2 N–H and O–H groups in total. The number of benzene rings is 1. The summed E-state index contributed by atoms with van der Waals surface area (Å²) in [6, 6.07) is 8.35. The molecule has 0 bridgehead atoms. The second-order valence-corrected chi connectivity index (χ2v) is 5.04. The van der Waals surface area contributed by atoms with Crippen LogP contribution >= 0.6 is 0 Å². The van der Waals surface area contributed by atoms with Gasteiger partial charge in [-0.1, -0.05) is 24.3 Å². The number of rotatable bonds is 8. The fraction of sp³-hybridized carbons (Fsp3) is 0.533. The zero-order chi connectivity index (χ0) is 14.1. The largest absolute Gasteiger partial charge is 0.352 e. The first-order valence-electron chi connectivity index (χ1n) is 6.75. The summed E-state index contributed by atoms with van der Waals surface area (Å²) in [5.74, 6) is 0.119. The van der Waals surface area contributed by atoms with E-state index in [9.17, 15) is 4.79 Å². The summed E-state index contributed by atoms with van der Waals surface area (Å²) in [4.78, 5) is 13.7. The molecule has 1 aromatic carbocycles. The average Bonchev–Trinajstić information content (AvgIpc) is 2.36. The van der Waals surface area contributed by atoms with Crippen molar-refractivity contribution in [2.45, 2.75) is 25.9 Å². The highest BCUT2D eigenvalue weighted by Gasteiger charge is 2.02. The maximum atomic E-state index is 11.6. The summed E-state index contributed by atoms with van der Waals surface area (Å²) >= 11 is 0. The Morgan fingerprint density at radius 3 is 2.68 bits per heavy atom. The van der Waals surface area contributed by atoms with Gasteiger partial charge >= 0.3 is 0 Å². The molecule has 1 amide bonds. The number of hydrogen-bond donors (Lipinski definition) is 2. The quantitative estimate of drug-likeness (QED) is 0.696. The van der Waals surface area contributed by atoms with Crippen LogP contribution in [0.15, 0.2) is 24.3 Å². The van der Waals surface area contributed by atoms with Crippen LogP contribution in [0.5, 0.6) is 0 Å². The molecule has 0 spiro atoms. The maximum absolute atomic E-state index is 11.6. The van der Waals surface area contributed by atoms with Crippen molar-refractivity contribution in [3.63, 3.8) is 0 Å². The molecule has 0 fully saturated rings. The summed E-state index contributed by atoms with van der Waals surface area (Å²) in [6.07, 6.45) is 1.46. The zero-order valence-corrected chi connectivity index (χ0v) is 12.2. The molecule has 106 valence electrons. The minimum atomic E-state index is 0.119. The molecule has 4 heteroatoms. The molecule has 0 heterocycles. The van der Waals surface area contributed by atoms with Gasteiger partial charge in [0.2, 0.25) is 5.91 Å². The number of amides is 1. The topological polar surface area (TPSA) is 44.4 Å². The van der Waals surface area contributed by atoms with Gasteiger partial charge in [-0.25, -0.2) is 0 Å². The predicted molar refractivity (Wildman–Crippen MR) is 78.8 cm³/mol. The number of nitrogens with one attached hydrogen (secondary N) is 2. The van der Waals surface area contributed by atoms with E-state index in [1.165, 1.54) is 5.56 Å². The van der Waals surface area contributed by atoms with E-state index >= 15 is 0 Å². The van der Waals surface area contributed by atoms with Gasteiger partial charge in [-0.05, 0) is 45.2 Å². The van der Waals surface area contributed by atoms with Crippen molar-refractivity contribution in [3.8, 4) is 0 Å². The van der Waals surface area contributed by atoms with Crippen LogP contribution in [0.2, 0.25) is 0 Å². The lowest BCUT2D eigenvalue weighted by Gasteiger charge is -2.11. The Morgan fingerprint density at radius 1 is 1.26 bits per heavy atom. The van der Waals surface area contributed by atoms with Crippen LogP contribution in [0.4, 0.5) is 0 Å². The third kappa shape index (κ3) is 6.94. The summed E-state index contributed by atoms with van der Waals surface area (Å²) < 4.78 is 0. The third-order valence-corrected chi connectivity index (χ3v) is 2.81. The minimum absolute atomic E-state index is 0.119. The van der Waals surface area contributed by atoms with Crippen LogP contribution < -0.4 is 10.6 Å². The van der Waals surface area contributed by atoms with Crippen molar-refractivity contribution in [1.29, 1.82) is 0 Å². The first kappa shape index (κ1) is 15.7. The van der Waals surface area contributed by atoms with E-state index in [1.54, 1.807) is 0 Å². The van der Waals surface area contributed by atoms with E-state index in [0.717, 1.165) is 25.1 Å². The van der Waals surface area contributed by atoms with Crippen molar-refractivity contribution < 1.29 is 4.79 Å². The molecule has 0 unspecified atom stereocenters. The van der Waals surface area contributed by atoms with Crippen molar-refractivity contribution >= 4 is 5.91 Å². The zero-order valence-electron chi connectivity index (χ0n) is 12.2. The van der Waals surface area contributed by atoms with Gasteiger partial charge in [0, 0.05) is 19.5 Å². The lowest BCUT2D eigenvalue weighted by atomic mass is 10.1. The number of carbonyl (C=O) groups is 1. The van der Waals surface area contributed by atoms with Crippen molar-refractivity contribution in [3.05, 3.63) is 35.4 Å². The van der Waals surface area contributed by atoms with E-state index in [-0.39, 0.29) is 5.91 Å². The van der Waals surface area contributed by atoms with E-state index in [1.807, 2.05) is 19.2 Å². The normalized spacial score (nSPS) is 10.7. The molecular weight excluding hydrogens is 238 g/mol. The molecule has 19 heavy (non-hydrogen) atoms. The highest BCUT2D eigenvalue weighted by Crippen LogP contribution is 2.07. The van der Waals surface area contributed by atoms with Crippen molar-refractivity contribution in [1.82, 2.24) is 15.5 Å². The molecule has 1 rings (SSSR count). The van der Waals surface area contributed by atoms with Gasteiger partial charge in [-0.2, -0.15) is 0 Å². The standard InChI is InChI=1S/C15H25N3O/c1-16-9-5-8-15(19)17-11-13-6-4-7-14(10-13)12-18(2)3/h4,6-7,10,16H,5,8-9,11-12H2,1-3H3,(H,17,19). The molecule has 0 radical (unpaired) electrons. The Hall–Kier alpha value is -1.39. The van der Waals surface area contributed by atoms with Crippen LogP contribution in [0, 0.1) is 0 Å². The highest BCUT2D eigenvalue weighted by molar-refractivity contribution is 5.75. The Morgan fingerprint density at radius 2 is 2.00 bits per heavy atom. The molecule has 0 saturated carbocycles. The predicted octanol–water partition coefficient (Wildman–Crippen LogP) is 1.36. The van der Waals surface area contributed by atoms with Gasteiger partial charge in [0.25, 0.3) is 0 Å². The monoisotopic (exact) mass is 263 g/mol. The molecule has 0 aliphatic heterocycles. The van der Waals surface area contributed by atoms with Gasteiger partial charge in [0.05, 0.1) is 0 Å². The molecule has 0 saturated heterocycles. The van der Waals surface area contributed by atoms with Crippen molar-refractivity contribution in [2.24, 2.45) is 0 Å². The Kier molecular flexibility index (Phi) is 7.15. The molecule has 0 aromatic heterocycles. The minimum Gasteiger partial charge on any atom is -0.352 e. The molecule has 0 atom stereocenters. The van der Waals surface area contributed by atoms with E-state index < -0.39 is 0 Å². The molecule has 4 nitrogen and oxygen atoms in total. The molecule has 0 aliphatic carbocycles. The van der Waals surface area contributed by atoms with E-state index in [2.05, 4.69) is 41.8 Å². The van der Waals surface area contributed by atoms with Gasteiger partial charge in [0.1, 0.15) is 0 Å². The number of carbonyl (C=O) groups excluding carboxylic acids is 1. The van der Waals surface area contributed by atoms with Gasteiger partial charge in [0.15, 0.2) is 0 Å². The molecule has 0 aliphatic rings. The summed E-state index contributed by atoms with van der Waals surface area (Å²) in [5, 5.41) is 6.00. The van der Waals surface area contributed by atoms with Crippen LogP contribution in [0.1, 0.15) is 24.0 Å². The lowest BCUT2D eigenvalue weighted by molar-refractivity contribution is -0.121. The van der Waals surface area contributed by atoms with Crippen LogP contribution in [0.3, 0.4) is 0 Å². The van der Waals surface area contributed by atoms with Crippen LogP contribution in [-0.2, 0) is 17.9 Å². The number of hydrogen-bond acceptors (Lipinski definition) is 3. The van der Waals surface area contributed by atoms with Crippen LogP contribution in [0.25, 0.3) is 0 Å². The van der Waals surface area contributed by atoms with E-state index in [4.69, 9.17) is 0 Å². The molecule has 1 aromatic rings. The van der Waals surface area contributed by atoms with Crippen LogP contribution in [-0.4, -0.2) is 38.5 Å². The lowest BCUT2D eigenvalue weighted by Crippen LogP contribution is -2.23. The summed E-state index contributed by atoms with van der Waals surface area (Å²) in [5.41, 5.74) is 2.42. The second kappa shape index (κ2) is 8.67. The Balaban J connectivity index is 2.38. The van der Waals surface area contributed by atoms with E-state index in [0.29, 0.717) is 13.0 Å². The Labute approximate surface area is 116 Å². The summed E-state index contributed by atoms with van der Waals surface area (Å²) in [7, 11) is 6.00. The van der Waals surface area contributed by atoms with Gasteiger partial charge in [-0.3, -0.25) is 4.79 Å². The third-order valence-electron chi connectivity index (χ3n) is 2.81. The fourth-order valence-corrected chi connectivity index (χ4v) is 1.92. The SMILES string of the molecule is CNCCCC(=O)NCc1cccc(CN(C)C)c1. The smallest absolute Gasteiger partial charge is 0.220 e. The number of nitrogens with zero attached hydrogens (tertiary/aromatic N) is 1. The van der Waals surface area contributed by atoms with Gasteiger partial charge in [-0.15, -0.1) is 0 Å². The van der Waals surface area contributed by atoms with Gasteiger partial charge < -0.3 is 15.5 Å². The van der Waals surface area contributed by atoms with Crippen molar-refractivity contribution in [2.75, 3.05) is 27.7 Å².